The number of hydrogen-bond acceptors (Lipinski definition) is 4. The highest BCUT2D eigenvalue weighted by Gasteiger charge is 2.14. The van der Waals surface area contributed by atoms with Gasteiger partial charge in [0.25, 0.3) is 0 Å². The molecule has 0 saturated heterocycles. The van der Waals surface area contributed by atoms with Crippen LogP contribution in [0.2, 0.25) is 0 Å². The molecule has 0 spiro atoms. The van der Waals surface area contributed by atoms with Crippen LogP contribution >= 0.6 is 11.8 Å². The normalized spacial score (nSPS) is 12.5. The minimum Gasteiger partial charge on any atom is -0.383 e. The molecule has 2 aromatic rings. The summed E-state index contributed by atoms with van der Waals surface area (Å²) in [6.45, 7) is 2.72. The number of benzene rings is 1. The number of carbonyl (C=O) groups is 1. The van der Waals surface area contributed by atoms with Gasteiger partial charge < -0.3 is 14.6 Å². The van der Waals surface area contributed by atoms with E-state index in [0.717, 1.165) is 22.6 Å². The van der Waals surface area contributed by atoms with Gasteiger partial charge in [0.1, 0.15) is 12.4 Å². The highest BCUT2D eigenvalue weighted by atomic mass is 32.2. The largest absolute Gasteiger partial charge is 0.383 e. The fourth-order valence-electron chi connectivity index (χ4n) is 2.30. The average molecular weight is 307 g/mol. The topological polar surface area (TPSA) is 56.1 Å². The second-order valence-corrected chi connectivity index (χ2v) is 5.83. The van der Waals surface area contributed by atoms with Gasteiger partial charge in [0, 0.05) is 13.2 Å². The van der Waals surface area contributed by atoms with Crippen molar-refractivity contribution in [1.29, 1.82) is 0 Å². The van der Waals surface area contributed by atoms with Crippen LogP contribution in [0, 0.1) is 0 Å². The molecule has 1 aromatic carbocycles. The molecule has 0 fully saturated rings. The Bertz CT molecular complexity index is 612. The van der Waals surface area contributed by atoms with Crippen LogP contribution in [-0.4, -0.2) is 41.5 Å². The number of imidazole rings is 1. The van der Waals surface area contributed by atoms with Gasteiger partial charge in [-0.25, -0.2) is 4.98 Å². The lowest BCUT2D eigenvalue weighted by atomic mass is 10.3. The minimum atomic E-state index is -0.0231. The van der Waals surface area contributed by atoms with Gasteiger partial charge in [-0.15, -0.1) is 0 Å². The summed E-state index contributed by atoms with van der Waals surface area (Å²) in [7, 11) is 1.63. The molecule has 1 atom stereocenters. The number of fused-ring (bicyclic) bond motifs is 1. The Hall–Kier alpha value is -1.53. The van der Waals surface area contributed by atoms with Crippen LogP contribution in [0.3, 0.4) is 0 Å². The van der Waals surface area contributed by atoms with Gasteiger partial charge in [-0.05, 0) is 25.3 Å². The first-order valence-corrected chi connectivity index (χ1v) is 8.26. The number of nitrogens with one attached hydrogen (secondary N) is 1. The van der Waals surface area contributed by atoms with Gasteiger partial charge in [0.15, 0.2) is 0 Å². The van der Waals surface area contributed by atoms with Gasteiger partial charge in [-0.2, -0.15) is 11.8 Å². The molecule has 5 nitrogen and oxygen atoms in total. The molecule has 2 rings (SSSR count). The monoisotopic (exact) mass is 307 g/mol. The molecular formula is C15H21N3O2S. The van der Waals surface area contributed by atoms with E-state index >= 15 is 0 Å². The Labute approximate surface area is 129 Å². The molecule has 0 radical (unpaired) electrons. The first kappa shape index (κ1) is 15.9. The zero-order valence-electron chi connectivity index (χ0n) is 12.6. The second kappa shape index (κ2) is 7.47. The van der Waals surface area contributed by atoms with E-state index in [1.54, 1.807) is 18.9 Å². The van der Waals surface area contributed by atoms with E-state index in [-0.39, 0.29) is 18.5 Å². The van der Waals surface area contributed by atoms with Crippen LogP contribution < -0.4 is 5.32 Å². The number of ether oxygens (including phenoxy) is 1. The molecule has 1 heterocycles. The van der Waals surface area contributed by atoms with Gasteiger partial charge in [-0.1, -0.05) is 12.1 Å². The lowest BCUT2D eigenvalue weighted by Crippen LogP contribution is -2.37. The number of nitrogens with zero attached hydrogens (tertiary/aromatic N) is 2. The summed E-state index contributed by atoms with van der Waals surface area (Å²) in [5, 5.41) is 2.93. The zero-order chi connectivity index (χ0) is 15.2. The SMILES string of the molecule is COCC(C)NC(=O)Cn1c(CSC)nc2ccccc21. The molecule has 114 valence electrons. The number of hydrogen-bond donors (Lipinski definition) is 1. The second-order valence-electron chi connectivity index (χ2n) is 4.96. The van der Waals surface area contributed by atoms with E-state index in [1.165, 1.54) is 0 Å². The average Bonchev–Trinajstić information content (AvgIpc) is 2.77. The third kappa shape index (κ3) is 3.98. The maximum absolute atomic E-state index is 12.2. The molecule has 1 N–H and O–H groups in total. The lowest BCUT2D eigenvalue weighted by Gasteiger charge is -2.14. The Morgan fingerprint density at radius 3 is 2.95 bits per heavy atom. The fraction of sp³-hybridized carbons (Fsp3) is 0.467. The molecule has 0 aliphatic carbocycles. The minimum absolute atomic E-state index is 0.00119. The van der Waals surface area contributed by atoms with Crippen LogP contribution in [-0.2, 0) is 21.8 Å². The predicted octanol–water partition coefficient (Wildman–Crippen LogP) is 2.05. The molecule has 1 amide bonds. The summed E-state index contributed by atoms with van der Waals surface area (Å²) < 4.78 is 7.02. The number of rotatable bonds is 7. The van der Waals surface area contributed by atoms with Crippen LogP contribution in [0.15, 0.2) is 24.3 Å². The molecular weight excluding hydrogens is 286 g/mol. The molecule has 6 heteroatoms. The van der Waals surface area contributed by atoms with E-state index in [1.807, 2.05) is 42.0 Å². The highest BCUT2D eigenvalue weighted by molar-refractivity contribution is 7.97. The standard InChI is InChI=1S/C15H21N3O2S/c1-11(9-20-2)16-15(19)8-18-13-7-5-4-6-12(13)17-14(18)10-21-3/h4-7,11H,8-10H2,1-3H3,(H,16,19). The number of para-hydroxylation sites is 2. The molecule has 1 aromatic heterocycles. The summed E-state index contributed by atoms with van der Waals surface area (Å²) in [6.07, 6.45) is 2.03. The summed E-state index contributed by atoms with van der Waals surface area (Å²) in [5.41, 5.74) is 1.93. The van der Waals surface area contributed by atoms with Crippen LogP contribution in [0.25, 0.3) is 11.0 Å². The number of methoxy groups -OCH3 is 1. The van der Waals surface area contributed by atoms with Gasteiger partial charge in [-0.3, -0.25) is 4.79 Å². The third-order valence-electron chi connectivity index (χ3n) is 3.13. The quantitative estimate of drug-likeness (QED) is 0.850. The highest BCUT2D eigenvalue weighted by Crippen LogP contribution is 2.18. The first-order chi connectivity index (χ1) is 10.2. The van der Waals surface area contributed by atoms with Crippen LogP contribution in [0.5, 0.6) is 0 Å². The first-order valence-electron chi connectivity index (χ1n) is 6.87. The van der Waals surface area contributed by atoms with E-state index in [9.17, 15) is 4.79 Å². The number of carbonyl (C=O) groups excluding carboxylic acids is 1. The van der Waals surface area contributed by atoms with Crippen molar-refractivity contribution in [2.45, 2.75) is 25.3 Å². The fourth-order valence-corrected chi connectivity index (χ4v) is 2.78. The van der Waals surface area contributed by atoms with Crippen LogP contribution in [0.1, 0.15) is 12.7 Å². The van der Waals surface area contributed by atoms with E-state index in [4.69, 9.17) is 4.74 Å². The van der Waals surface area contributed by atoms with E-state index in [2.05, 4.69) is 10.3 Å². The zero-order valence-corrected chi connectivity index (χ0v) is 13.4. The van der Waals surface area contributed by atoms with E-state index in [0.29, 0.717) is 6.61 Å². The lowest BCUT2D eigenvalue weighted by molar-refractivity contribution is -0.122. The van der Waals surface area contributed by atoms with Gasteiger partial charge in [0.2, 0.25) is 5.91 Å². The van der Waals surface area contributed by atoms with E-state index < -0.39 is 0 Å². The van der Waals surface area contributed by atoms with Crippen molar-refractivity contribution in [2.75, 3.05) is 20.0 Å². The number of amides is 1. The van der Waals surface area contributed by atoms with Gasteiger partial charge >= 0.3 is 0 Å². The number of thioether (sulfide) groups is 1. The summed E-state index contributed by atoms with van der Waals surface area (Å²) in [6, 6.07) is 7.90. The molecule has 21 heavy (non-hydrogen) atoms. The summed E-state index contributed by atoms with van der Waals surface area (Å²) >= 11 is 1.70. The maximum atomic E-state index is 12.2. The van der Waals surface area contributed by atoms with Crippen LogP contribution in [0.4, 0.5) is 0 Å². The Balaban J connectivity index is 2.19. The maximum Gasteiger partial charge on any atom is 0.240 e. The van der Waals surface area contributed by atoms with Gasteiger partial charge in [0.05, 0.1) is 23.4 Å². The third-order valence-corrected chi connectivity index (χ3v) is 3.68. The van der Waals surface area contributed by atoms with Crippen molar-refractivity contribution < 1.29 is 9.53 Å². The van der Waals surface area contributed by atoms with Crippen molar-refractivity contribution in [3.8, 4) is 0 Å². The van der Waals surface area contributed by atoms with Crippen molar-refractivity contribution >= 4 is 28.7 Å². The van der Waals surface area contributed by atoms with Crippen molar-refractivity contribution in [3.63, 3.8) is 0 Å². The summed E-state index contributed by atoms with van der Waals surface area (Å²) in [5.74, 6) is 1.69. The molecule has 0 bridgehead atoms. The summed E-state index contributed by atoms with van der Waals surface area (Å²) in [4.78, 5) is 16.8. The predicted molar refractivity (Wildman–Crippen MR) is 86.4 cm³/mol. The Morgan fingerprint density at radius 2 is 2.24 bits per heavy atom. The van der Waals surface area contributed by atoms with Crippen molar-refractivity contribution in [2.24, 2.45) is 0 Å². The van der Waals surface area contributed by atoms with Crippen molar-refractivity contribution in [1.82, 2.24) is 14.9 Å². The van der Waals surface area contributed by atoms with Crippen molar-refractivity contribution in [3.05, 3.63) is 30.1 Å². The smallest absolute Gasteiger partial charge is 0.240 e. The molecule has 1 unspecified atom stereocenters. The molecule has 0 saturated carbocycles. The molecule has 0 aliphatic heterocycles. The Kier molecular flexibility index (Phi) is 5.64. The number of aromatic nitrogens is 2. The Morgan fingerprint density at radius 1 is 1.48 bits per heavy atom. The molecule has 0 aliphatic rings.